The van der Waals surface area contributed by atoms with Crippen molar-refractivity contribution in [2.24, 2.45) is 5.92 Å². The average Bonchev–Trinajstić information content (AvgIpc) is 2.83. The number of anilines is 1. The number of nitrogens with one attached hydrogen (secondary N) is 1. The molecule has 7 nitrogen and oxygen atoms in total. The molecular weight excluding hydrogens is 316 g/mol. The first-order chi connectivity index (χ1) is 11.0. The number of esters is 1. The van der Waals surface area contributed by atoms with E-state index in [9.17, 15) is 9.59 Å². The molecule has 2 atom stereocenters. The second kappa shape index (κ2) is 8.24. The molecule has 1 aromatic heterocycles. The van der Waals surface area contributed by atoms with Gasteiger partial charge in [0.2, 0.25) is 5.13 Å². The molecule has 8 heteroatoms. The van der Waals surface area contributed by atoms with Crippen LogP contribution >= 0.6 is 11.3 Å². The van der Waals surface area contributed by atoms with Crippen molar-refractivity contribution in [2.75, 3.05) is 18.5 Å². The summed E-state index contributed by atoms with van der Waals surface area (Å²) in [6, 6.07) is 0.0666. The van der Waals surface area contributed by atoms with Crippen molar-refractivity contribution in [1.29, 1.82) is 0 Å². The maximum absolute atomic E-state index is 12.5. The zero-order valence-electron chi connectivity index (χ0n) is 13.9. The summed E-state index contributed by atoms with van der Waals surface area (Å²) in [6.45, 7) is 7.09. The van der Waals surface area contributed by atoms with E-state index in [2.05, 4.69) is 29.4 Å². The predicted molar refractivity (Wildman–Crippen MR) is 88.4 cm³/mol. The summed E-state index contributed by atoms with van der Waals surface area (Å²) >= 11 is 1.20. The van der Waals surface area contributed by atoms with Gasteiger partial charge in [-0.15, -0.1) is 10.2 Å². The molecule has 23 heavy (non-hydrogen) atoms. The fraction of sp³-hybridized carbons (Fsp3) is 0.733. The molecule has 0 saturated carbocycles. The summed E-state index contributed by atoms with van der Waals surface area (Å²) in [6.07, 6.45) is 3.39. The molecule has 0 aliphatic carbocycles. The second-order valence-corrected chi connectivity index (χ2v) is 7.01. The topological polar surface area (TPSA) is 84.4 Å². The van der Waals surface area contributed by atoms with Gasteiger partial charge in [-0.2, -0.15) is 0 Å². The van der Waals surface area contributed by atoms with Crippen LogP contribution in [0.1, 0.15) is 45.0 Å². The Morgan fingerprint density at radius 2 is 2.13 bits per heavy atom. The minimum absolute atomic E-state index is 0.0819. The lowest BCUT2D eigenvalue weighted by molar-refractivity contribution is -0.142. The van der Waals surface area contributed by atoms with Crippen molar-refractivity contribution in [3.05, 3.63) is 5.01 Å². The zero-order chi connectivity index (χ0) is 16.8. The second-order valence-electron chi connectivity index (χ2n) is 5.95. The van der Waals surface area contributed by atoms with E-state index < -0.39 is 0 Å². The van der Waals surface area contributed by atoms with Gasteiger partial charge in [-0.1, -0.05) is 24.7 Å². The number of amides is 2. The predicted octanol–water partition coefficient (Wildman–Crippen LogP) is 2.69. The highest BCUT2D eigenvalue weighted by Crippen LogP contribution is 2.22. The van der Waals surface area contributed by atoms with Gasteiger partial charge in [-0.05, 0) is 32.6 Å². The average molecular weight is 340 g/mol. The van der Waals surface area contributed by atoms with E-state index in [0.717, 1.165) is 25.8 Å². The molecular formula is C15H24N4O3S. The van der Waals surface area contributed by atoms with Crippen LogP contribution in [0.15, 0.2) is 0 Å². The number of urea groups is 1. The minimum Gasteiger partial charge on any atom is -0.466 e. The van der Waals surface area contributed by atoms with Crippen LogP contribution < -0.4 is 5.32 Å². The van der Waals surface area contributed by atoms with Crippen LogP contribution in [0.25, 0.3) is 0 Å². The monoisotopic (exact) mass is 340 g/mol. The molecule has 1 N–H and O–H groups in total. The van der Waals surface area contributed by atoms with Crippen LogP contribution in [0.3, 0.4) is 0 Å². The molecule has 1 aliphatic rings. The van der Waals surface area contributed by atoms with Gasteiger partial charge in [0.25, 0.3) is 0 Å². The lowest BCUT2D eigenvalue weighted by Gasteiger charge is -2.28. The van der Waals surface area contributed by atoms with E-state index in [-0.39, 0.29) is 24.5 Å². The van der Waals surface area contributed by atoms with Gasteiger partial charge < -0.3 is 9.64 Å². The van der Waals surface area contributed by atoms with E-state index in [0.29, 0.717) is 22.7 Å². The zero-order valence-corrected chi connectivity index (χ0v) is 14.7. The molecule has 1 aromatic rings. The molecule has 128 valence electrons. The smallest absolute Gasteiger partial charge is 0.323 e. The summed E-state index contributed by atoms with van der Waals surface area (Å²) < 4.78 is 4.88. The van der Waals surface area contributed by atoms with Crippen LogP contribution in [-0.4, -0.2) is 46.3 Å². The van der Waals surface area contributed by atoms with Gasteiger partial charge in [-0.3, -0.25) is 10.1 Å². The Kier molecular flexibility index (Phi) is 6.32. The third kappa shape index (κ3) is 5.16. The van der Waals surface area contributed by atoms with Crippen molar-refractivity contribution in [3.8, 4) is 0 Å². The molecule has 0 radical (unpaired) electrons. The van der Waals surface area contributed by atoms with Gasteiger partial charge >= 0.3 is 12.0 Å². The summed E-state index contributed by atoms with van der Waals surface area (Å²) in [5.74, 6) is 0.163. The largest absolute Gasteiger partial charge is 0.466 e. The van der Waals surface area contributed by atoms with E-state index in [1.54, 1.807) is 6.92 Å². The summed E-state index contributed by atoms with van der Waals surface area (Å²) in [7, 11) is 0. The number of carbonyl (C=O) groups is 2. The molecule has 0 spiro atoms. The molecule has 1 fully saturated rings. The van der Waals surface area contributed by atoms with Crippen molar-refractivity contribution in [3.63, 3.8) is 0 Å². The summed E-state index contributed by atoms with van der Waals surface area (Å²) in [4.78, 5) is 25.8. The minimum atomic E-state index is -0.337. The maximum atomic E-state index is 12.5. The molecule has 2 heterocycles. The lowest BCUT2D eigenvalue weighted by atomic mass is 10.1. The Morgan fingerprint density at radius 3 is 2.87 bits per heavy atom. The molecule has 2 amide bonds. The standard InChI is InChI=1S/C15H24N4O3S/c1-4-22-13(20)8-12-17-18-14(23-12)16-15(21)19-9-10(2)6-5-7-11(19)3/h10-11H,4-9H2,1-3H3,(H,16,18,21)/t10-,11+/m1/s1. The van der Waals surface area contributed by atoms with Crippen molar-refractivity contribution in [2.45, 2.75) is 52.5 Å². The Balaban J connectivity index is 1.94. The third-order valence-electron chi connectivity index (χ3n) is 3.90. The Bertz CT molecular complexity index is 549. The fourth-order valence-electron chi connectivity index (χ4n) is 2.68. The van der Waals surface area contributed by atoms with Crippen LogP contribution in [-0.2, 0) is 16.0 Å². The van der Waals surface area contributed by atoms with Gasteiger partial charge in [0.05, 0.1) is 13.0 Å². The number of hydrogen-bond acceptors (Lipinski definition) is 6. The van der Waals surface area contributed by atoms with E-state index in [4.69, 9.17) is 4.74 Å². The van der Waals surface area contributed by atoms with Crippen molar-refractivity contribution >= 4 is 28.5 Å². The first kappa shape index (κ1) is 17.7. The fourth-order valence-corrected chi connectivity index (χ4v) is 3.40. The van der Waals surface area contributed by atoms with Gasteiger partial charge in [0, 0.05) is 12.6 Å². The van der Waals surface area contributed by atoms with E-state index in [1.165, 1.54) is 11.3 Å². The number of nitrogens with zero attached hydrogens (tertiary/aromatic N) is 3. The van der Waals surface area contributed by atoms with Crippen molar-refractivity contribution < 1.29 is 14.3 Å². The number of carbonyl (C=O) groups excluding carboxylic acids is 2. The highest BCUT2D eigenvalue weighted by molar-refractivity contribution is 7.15. The maximum Gasteiger partial charge on any atom is 0.323 e. The molecule has 1 aliphatic heterocycles. The Hall–Kier alpha value is -1.70. The highest BCUT2D eigenvalue weighted by atomic mass is 32.1. The van der Waals surface area contributed by atoms with Crippen LogP contribution in [0, 0.1) is 5.92 Å². The molecule has 2 rings (SSSR count). The number of ether oxygens (including phenoxy) is 1. The Morgan fingerprint density at radius 1 is 1.35 bits per heavy atom. The number of hydrogen-bond donors (Lipinski definition) is 1. The first-order valence-corrected chi connectivity index (χ1v) is 8.86. The van der Waals surface area contributed by atoms with Gasteiger partial charge in [0.15, 0.2) is 0 Å². The summed E-state index contributed by atoms with van der Waals surface area (Å²) in [5.41, 5.74) is 0. The highest BCUT2D eigenvalue weighted by Gasteiger charge is 2.25. The number of likely N-dealkylation sites (tertiary alicyclic amines) is 1. The first-order valence-electron chi connectivity index (χ1n) is 8.05. The van der Waals surface area contributed by atoms with Crippen LogP contribution in [0.4, 0.5) is 9.93 Å². The number of aromatic nitrogens is 2. The van der Waals surface area contributed by atoms with Gasteiger partial charge in [0.1, 0.15) is 5.01 Å². The summed E-state index contributed by atoms with van der Waals surface area (Å²) in [5, 5.41) is 11.6. The van der Waals surface area contributed by atoms with Crippen molar-refractivity contribution in [1.82, 2.24) is 15.1 Å². The molecule has 0 bridgehead atoms. The molecule has 0 unspecified atom stereocenters. The van der Waals surface area contributed by atoms with E-state index >= 15 is 0 Å². The van der Waals surface area contributed by atoms with E-state index in [1.807, 2.05) is 4.90 Å². The normalized spacial score (nSPS) is 21.6. The van der Waals surface area contributed by atoms with Crippen LogP contribution in [0.2, 0.25) is 0 Å². The molecule has 0 aromatic carbocycles. The molecule has 1 saturated heterocycles. The quantitative estimate of drug-likeness (QED) is 0.852. The lowest BCUT2D eigenvalue weighted by Crippen LogP contribution is -2.42. The van der Waals surface area contributed by atoms with Gasteiger partial charge in [-0.25, -0.2) is 4.79 Å². The number of rotatable bonds is 4. The van der Waals surface area contributed by atoms with Crippen LogP contribution in [0.5, 0.6) is 0 Å². The SMILES string of the molecule is CCOC(=O)Cc1nnc(NC(=O)N2C[C@H](C)CCC[C@@H]2C)s1. The third-order valence-corrected chi connectivity index (χ3v) is 4.74. The Labute approximate surface area is 140 Å².